The summed E-state index contributed by atoms with van der Waals surface area (Å²) in [5.41, 5.74) is 7.08. The zero-order chi connectivity index (χ0) is 12.8. The largest absolute Gasteiger partial charge is 0.351 e. The fraction of sp³-hybridized carbons (Fsp3) is 0.308. The summed E-state index contributed by atoms with van der Waals surface area (Å²) in [4.78, 5) is 10.6. The van der Waals surface area contributed by atoms with Gasteiger partial charge >= 0.3 is 6.03 Å². The number of nitrogens with one attached hydrogen (secondary N) is 1. The van der Waals surface area contributed by atoms with E-state index in [0.717, 1.165) is 5.69 Å². The van der Waals surface area contributed by atoms with Crippen molar-refractivity contribution in [3.63, 3.8) is 0 Å². The lowest BCUT2D eigenvalue weighted by Crippen LogP contribution is -2.19. The molecule has 2 amide bonds. The average molecular weight is 218 g/mol. The van der Waals surface area contributed by atoms with Gasteiger partial charge in [-0.25, -0.2) is 4.79 Å². The Morgan fingerprint density at radius 1 is 1.19 bits per heavy atom. The van der Waals surface area contributed by atoms with Crippen molar-refractivity contribution in [1.29, 1.82) is 0 Å². The summed E-state index contributed by atoms with van der Waals surface area (Å²) in [6.07, 6.45) is 8.00. The van der Waals surface area contributed by atoms with Gasteiger partial charge in [0.15, 0.2) is 0 Å². The van der Waals surface area contributed by atoms with Crippen LogP contribution in [-0.4, -0.2) is 6.03 Å². The van der Waals surface area contributed by atoms with Gasteiger partial charge in [-0.05, 0) is 23.1 Å². The van der Waals surface area contributed by atoms with E-state index in [1.54, 1.807) is 0 Å². The molecule has 0 bridgehead atoms. The van der Waals surface area contributed by atoms with Gasteiger partial charge in [-0.1, -0.05) is 32.9 Å². The number of carbonyl (C=O) groups is 1. The molecule has 0 aliphatic carbocycles. The minimum absolute atomic E-state index is 0.130. The van der Waals surface area contributed by atoms with Crippen LogP contribution in [0.5, 0.6) is 0 Å². The first-order valence-electron chi connectivity index (χ1n) is 4.90. The maximum absolute atomic E-state index is 10.6. The van der Waals surface area contributed by atoms with E-state index in [4.69, 9.17) is 5.73 Å². The third-order valence-corrected chi connectivity index (χ3v) is 2.02. The zero-order valence-corrected chi connectivity index (χ0v) is 9.95. The van der Waals surface area contributed by atoms with Gasteiger partial charge in [-0.3, -0.25) is 0 Å². The molecule has 3 nitrogen and oxygen atoms in total. The maximum atomic E-state index is 10.6. The average Bonchev–Trinajstić information content (AvgIpc) is 2.19. The van der Waals surface area contributed by atoms with E-state index in [1.807, 2.05) is 24.3 Å². The highest BCUT2D eigenvalue weighted by Gasteiger charge is 2.12. The van der Waals surface area contributed by atoms with Crippen molar-refractivity contribution in [3.05, 3.63) is 29.8 Å². The van der Waals surface area contributed by atoms with E-state index in [0.29, 0.717) is 0 Å². The molecule has 0 aromatic heterocycles. The topological polar surface area (TPSA) is 55.1 Å². The van der Waals surface area contributed by atoms with Gasteiger partial charge in [0.1, 0.15) is 0 Å². The van der Waals surface area contributed by atoms with Crippen LogP contribution < -0.4 is 11.1 Å². The van der Waals surface area contributed by atoms with Gasteiger partial charge in [-0.2, -0.15) is 0 Å². The Morgan fingerprint density at radius 3 is 1.94 bits per heavy atom. The summed E-state index contributed by atoms with van der Waals surface area (Å²) in [6, 6.07) is 7.15. The molecule has 3 N–H and O–H groups in total. The van der Waals surface area contributed by atoms with Crippen molar-refractivity contribution in [2.45, 2.75) is 26.2 Å². The molecule has 0 aliphatic heterocycles. The van der Waals surface area contributed by atoms with Crippen LogP contribution in [-0.2, 0) is 5.41 Å². The zero-order valence-electron chi connectivity index (χ0n) is 9.95. The summed E-state index contributed by atoms with van der Waals surface area (Å²) in [5, 5.41) is 2.52. The summed E-state index contributed by atoms with van der Waals surface area (Å²) >= 11 is 0. The Labute approximate surface area is 97.0 Å². The second kappa shape index (κ2) is 5.82. The number of carbonyl (C=O) groups excluding carboxylic acids is 1. The summed E-state index contributed by atoms with van der Waals surface area (Å²) in [6.45, 7) is 6.43. The molecule has 1 aromatic carbocycles. The Hall–Kier alpha value is -1.95. The molecule has 86 valence electrons. The molecule has 1 aromatic rings. The van der Waals surface area contributed by atoms with Gasteiger partial charge in [0, 0.05) is 5.69 Å². The number of nitrogens with two attached hydrogens (primary N) is 1. The molecular formula is C13H18N2O. The van der Waals surface area contributed by atoms with Crippen LogP contribution in [0.4, 0.5) is 10.5 Å². The molecule has 0 saturated heterocycles. The van der Waals surface area contributed by atoms with Gasteiger partial charge in [0.05, 0.1) is 0 Å². The van der Waals surface area contributed by atoms with Crippen molar-refractivity contribution in [1.82, 2.24) is 0 Å². The SMILES string of the molecule is C#C.CC(C)(C)c1ccc(NC(N)=O)cc1. The van der Waals surface area contributed by atoms with Crippen LogP contribution >= 0.6 is 0 Å². The predicted molar refractivity (Wildman–Crippen MR) is 68.2 cm³/mol. The molecule has 0 heterocycles. The van der Waals surface area contributed by atoms with Crippen LogP contribution in [0.15, 0.2) is 24.3 Å². The lowest BCUT2D eigenvalue weighted by Gasteiger charge is -2.19. The monoisotopic (exact) mass is 218 g/mol. The summed E-state index contributed by atoms with van der Waals surface area (Å²) < 4.78 is 0. The molecular weight excluding hydrogens is 200 g/mol. The van der Waals surface area contributed by atoms with Crippen molar-refractivity contribution < 1.29 is 4.79 Å². The van der Waals surface area contributed by atoms with Crippen LogP contribution in [0.3, 0.4) is 0 Å². The van der Waals surface area contributed by atoms with Crippen molar-refractivity contribution in [2.24, 2.45) is 5.73 Å². The molecule has 16 heavy (non-hydrogen) atoms. The number of benzene rings is 1. The Balaban J connectivity index is 0.00000106. The van der Waals surface area contributed by atoms with Crippen LogP contribution in [0, 0.1) is 12.8 Å². The molecule has 0 radical (unpaired) electrons. The van der Waals surface area contributed by atoms with E-state index in [2.05, 4.69) is 38.9 Å². The molecule has 0 atom stereocenters. The third kappa shape index (κ3) is 4.52. The van der Waals surface area contributed by atoms with Gasteiger partial charge in [-0.15, -0.1) is 12.8 Å². The van der Waals surface area contributed by atoms with E-state index in [-0.39, 0.29) is 5.41 Å². The van der Waals surface area contributed by atoms with Gasteiger partial charge < -0.3 is 11.1 Å². The van der Waals surface area contributed by atoms with Crippen LogP contribution in [0.25, 0.3) is 0 Å². The number of primary amides is 1. The van der Waals surface area contributed by atoms with Gasteiger partial charge in [0.2, 0.25) is 0 Å². The second-order valence-electron chi connectivity index (χ2n) is 4.32. The molecule has 3 heteroatoms. The maximum Gasteiger partial charge on any atom is 0.316 e. The first-order chi connectivity index (χ1) is 7.39. The van der Waals surface area contributed by atoms with Crippen molar-refractivity contribution in [2.75, 3.05) is 5.32 Å². The number of anilines is 1. The van der Waals surface area contributed by atoms with Crippen molar-refractivity contribution in [3.8, 4) is 12.8 Å². The van der Waals surface area contributed by atoms with Crippen LogP contribution in [0.2, 0.25) is 0 Å². The summed E-state index contributed by atoms with van der Waals surface area (Å²) in [5.74, 6) is 0. The van der Waals surface area contributed by atoms with Crippen LogP contribution in [0.1, 0.15) is 26.3 Å². The van der Waals surface area contributed by atoms with E-state index >= 15 is 0 Å². The number of hydrogen-bond acceptors (Lipinski definition) is 1. The first-order valence-corrected chi connectivity index (χ1v) is 4.90. The normalized spacial score (nSPS) is 9.81. The van der Waals surface area contributed by atoms with Gasteiger partial charge in [0.25, 0.3) is 0 Å². The molecule has 1 rings (SSSR count). The van der Waals surface area contributed by atoms with E-state index < -0.39 is 6.03 Å². The Morgan fingerprint density at radius 2 is 1.62 bits per heavy atom. The predicted octanol–water partition coefficient (Wildman–Crippen LogP) is 2.72. The highest BCUT2D eigenvalue weighted by molar-refractivity contribution is 5.87. The molecule has 0 spiro atoms. The molecule has 0 saturated carbocycles. The number of rotatable bonds is 1. The minimum Gasteiger partial charge on any atom is -0.351 e. The van der Waals surface area contributed by atoms with E-state index in [9.17, 15) is 4.79 Å². The Bertz CT molecular complexity index is 358. The number of urea groups is 1. The Kier molecular flexibility index (Phi) is 5.11. The third-order valence-electron chi connectivity index (χ3n) is 2.02. The lowest BCUT2D eigenvalue weighted by molar-refractivity contribution is 0.259. The fourth-order valence-corrected chi connectivity index (χ4v) is 1.20. The highest BCUT2D eigenvalue weighted by atomic mass is 16.2. The number of amides is 2. The summed E-state index contributed by atoms with van der Waals surface area (Å²) in [7, 11) is 0. The first kappa shape index (κ1) is 14.1. The standard InChI is InChI=1S/C11H16N2O.C2H2/c1-11(2,3)8-4-6-9(7-5-8)13-10(12)14;1-2/h4-7H,1-3H3,(H3,12,13,14);1-2H. The minimum atomic E-state index is -0.534. The fourth-order valence-electron chi connectivity index (χ4n) is 1.20. The number of terminal acetylenes is 1. The lowest BCUT2D eigenvalue weighted by atomic mass is 9.87. The molecule has 0 aliphatic rings. The smallest absolute Gasteiger partial charge is 0.316 e. The number of hydrogen-bond donors (Lipinski definition) is 2. The second-order valence-corrected chi connectivity index (χ2v) is 4.32. The molecule has 0 unspecified atom stereocenters. The van der Waals surface area contributed by atoms with Crippen molar-refractivity contribution >= 4 is 11.7 Å². The highest BCUT2D eigenvalue weighted by Crippen LogP contribution is 2.23. The quantitative estimate of drug-likeness (QED) is 0.700. The van der Waals surface area contributed by atoms with E-state index in [1.165, 1.54) is 5.56 Å². The molecule has 0 fully saturated rings.